The Balaban J connectivity index is 1.79. The highest BCUT2D eigenvalue weighted by atomic mass is 35.5. The first-order chi connectivity index (χ1) is 16.8. The molecule has 1 atom stereocenters. The molecule has 1 amide bonds. The number of halogens is 2. The van der Waals surface area contributed by atoms with Gasteiger partial charge in [-0.15, -0.1) is 0 Å². The Morgan fingerprint density at radius 2 is 1.94 bits per heavy atom. The number of carbonyl (C=O) groups is 2. The van der Waals surface area contributed by atoms with Gasteiger partial charge in [0.2, 0.25) is 5.78 Å². The first-order valence-electron chi connectivity index (χ1n) is 11.3. The fourth-order valence-electron chi connectivity index (χ4n) is 4.41. The number of ketones is 1. The van der Waals surface area contributed by atoms with Crippen LogP contribution in [0.15, 0.2) is 58.2 Å². The molecule has 1 aliphatic rings. The normalized spacial score (nSPS) is 16.1. The van der Waals surface area contributed by atoms with Crippen LogP contribution < -0.4 is 4.74 Å². The van der Waals surface area contributed by atoms with E-state index in [-0.39, 0.29) is 23.4 Å². The predicted octanol–water partition coefficient (Wildman–Crippen LogP) is 5.15. The van der Waals surface area contributed by atoms with Crippen molar-refractivity contribution in [1.29, 1.82) is 0 Å². The Hall–Kier alpha value is -3.36. The number of likely N-dealkylation sites (N-methyl/N-ethyl adjacent to an activating group) is 1. The summed E-state index contributed by atoms with van der Waals surface area (Å²) in [7, 11) is 1.45. The number of nitrogens with zero attached hydrogens (tertiary/aromatic N) is 2. The highest BCUT2D eigenvalue weighted by molar-refractivity contribution is 6.31. The molecule has 0 bridgehead atoms. The predicted molar refractivity (Wildman–Crippen MR) is 130 cm³/mol. The van der Waals surface area contributed by atoms with E-state index in [0.717, 1.165) is 13.1 Å². The zero-order valence-electron chi connectivity index (χ0n) is 19.7. The van der Waals surface area contributed by atoms with Crippen molar-refractivity contribution in [2.24, 2.45) is 0 Å². The number of aliphatic hydroxyl groups is 1. The molecule has 1 aliphatic heterocycles. The molecule has 0 aliphatic carbocycles. The van der Waals surface area contributed by atoms with Crippen LogP contribution >= 0.6 is 11.6 Å². The van der Waals surface area contributed by atoms with Crippen LogP contribution in [0.3, 0.4) is 0 Å². The number of hydrogen-bond donors (Lipinski definition) is 1. The van der Waals surface area contributed by atoms with Crippen LogP contribution in [0, 0.1) is 5.82 Å². The van der Waals surface area contributed by atoms with E-state index < -0.39 is 29.3 Å². The number of ether oxygens (including phenoxy) is 1. The molecule has 2 aromatic carbocycles. The van der Waals surface area contributed by atoms with Gasteiger partial charge >= 0.3 is 0 Å². The third-order valence-corrected chi connectivity index (χ3v) is 6.51. The zero-order chi connectivity index (χ0) is 25.3. The van der Waals surface area contributed by atoms with Gasteiger partial charge in [-0.1, -0.05) is 43.6 Å². The monoisotopic (exact) mass is 500 g/mol. The van der Waals surface area contributed by atoms with Gasteiger partial charge in [0.15, 0.2) is 22.9 Å². The molecule has 0 saturated carbocycles. The molecular weight excluding hydrogens is 475 g/mol. The highest BCUT2D eigenvalue weighted by Crippen LogP contribution is 2.41. The summed E-state index contributed by atoms with van der Waals surface area (Å²) in [6.45, 7) is 6.21. The van der Waals surface area contributed by atoms with E-state index in [4.69, 9.17) is 20.8 Å². The first kappa shape index (κ1) is 24.8. The van der Waals surface area contributed by atoms with Crippen molar-refractivity contribution in [2.45, 2.75) is 19.9 Å². The van der Waals surface area contributed by atoms with E-state index in [1.807, 2.05) is 13.8 Å². The molecule has 35 heavy (non-hydrogen) atoms. The van der Waals surface area contributed by atoms with E-state index in [1.165, 1.54) is 36.3 Å². The molecule has 7 nitrogen and oxygen atoms in total. The van der Waals surface area contributed by atoms with Gasteiger partial charge in [0.05, 0.1) is 18.7 Å². The van der Waals surface area contributed by atoms with Gasteiger partial charge in [-0.25, -0.2) is 4.39 Å². The number of aliphatic hydroxyl groups excluding tert-OH is 1. The molecule has 184 valence electrons. The van der Waals surface area contributed by atoms with Crippen LogP contribution in [0.2, 0.25) is 5.02 Å². The molecule has 0 saturated heterocycles. The third kappa shape index (κ3) is 4.51. The lowest BCUT2D eigenvalue weighted by molar-refractivity contribution is -0.129. The van der Waals surface area contributed by atoms with Crippen LogP contribution in [0.5, 0.6) is 5.75 Å². The van der Waals surface area contributed by atoms with Gasteiger partial charge in [0.1, 0.15) is 5.82 Å². The summed E-state index contributed by atoms with van der Waals surface area (Å²) in [5.41, 5.74) is 0.179. The summed E-state index contributed by atoms with van der Waals surface area (Å²) in [5.74, 6) is -2.54. The summed E-state index contributed by atoms with van der Waals surface area (Å²) in [4.78, 5) is 30.2. The van der Waals surface area contributed by atoms with Gasteiger partial charge in [-0.3, -0.25) is 9.59 Å². The maximum atomic E-state index is 14.9. The van der Waals surface area contributed by atoms with Crippen LogP contribution in [-0.4, -0.2) is 59.9 Å². The molecule has 1 aromatic heterocycles. The average Bonchev–Trinajstić information content (AvgIpc) is 3.38. The molecule has 9 heteroatoms. The molecule has 2 heterocycles. The van der Waals surface area contributed by atoms with Gasteiger partial charge < -0.3 is 24.1 Å². The van der Waals surface area contributed by atoms with E-state index >= 15 is 0 Å². The highest BCUT2D eigenvalue weighted by Gasteiger charge is 2.45. The van der Waals surface area contributed by atoms with Crippen LogP contribution in [0.1, 0.15) is 36.0 Å². The molecule has 3 aromatic rings. The van der Waals surface area contributed by atoms with Crippen molar-refractivity contribution in [1.82, 2.24) is 9.80 Å². The number of hydrogen-bond acceptors (Lipinski definition) is 6. The third-order valence-electron chi connectivity index (χ3n) is 6.29. The number of rotatable bonds is 9. The van der Waals surface area contributed by atoms with Crippen LogP contribution in [0.25, 0.3) is 11.0 Å². The van der Waals surface area contributed by atoms with E-state index in [2.05, 4.69) is 4.90 Å². The number of Topliss-reactive ketones (excluding diaryl/α,β-unsaturated/α-hetero) is 1. The summed E-state index contributed by atoms with van der Waals surface area (Å²) in [6.07, 6.45) is 0. The lowest BCUT2D eigenvalue weighted by atomic mass is 9.94. The number of carbonyl (C=O) groups excluding carboxylic acids is 2. The topological polar surface area (TPSA) is 83.2 Å². The lowest BCUT2D eigenvalue weighted by Crippen LogP contribution is -2.39. The molecule has 0 radical (unpaired) electrons. The second-order valence-corrected chi connectivity index (χ2v) is 8.61. The summed E-state index contributed by atoms with van der Waals surface area (Å²) >= 11 is 6.13. The van der Waals surface area contributed by atoms with E-state index in [9.17, 15) is 19.1 Å². The van der Waals surface area contributed by atoms with Crippen molar-refractivity contribution in [3.05, 3.63) is 76.0 Å². The standard InChI is InChI=1S/C26H26ClFN2O5/c1-4-29(5-2)10-11-30-22(17-8-6-7-9-18(17)28)21(24(32)26(30)33)23(31)19-13-15-12-16(27)14-20(34-3)25(15)35-19/h6-9,12-14,22,32H,4-5,10-11H2,1-3H3. The minimum Gasteiger partial charge on any atom is -0.503 e. The van der Waals surface area contributed by atoms with Crippen molar-refractivity contribution >= 4 is 34.3 Å². The van der Waals surface area contributed by atoms with Crippen LogP contribution in [-0.2, 0) is 4.79 Å². The Labute approximate surface area is 207 Å². The van der Waals surface area contributed by atoms with Crippen molar-refractivity contribution in [3.8, 4) is 5.75 Å². The minimum atomic E-state index is -1.11. The fraction of sp³-hybridized carbons (Fsp3) is 0.308. The minimum absolute atomic E-state index is 0.115. The number of fused-ring (bicyclic) bond motifs is 1. The molecule has 1 unspecified atom stereocenters. The second kappa shape index (κ2) is 10.1. The number of furan rings is 1. The van der Waals surface area contributed by atoms with E-state index in [1.54, 1.807) is 18.2 Å². The molecule has 0 fully saturated rings. The SMILES string of the molecule is CCN(CC)CCN1C(=O)C(O)=C(C(=O)c2cc3cc(Cl)cc(OC)c3o2)C1c1ccccc1F. The first-order valence-corrected chi connectivity index (χ1v) is 11.7. The summed E-state index contributed by atoms with van der Waals surface area (Å²) in [5, 5.41) is 11.7. The Morgan fingerprint density at radius 3 is 2.60 bits per heavy atom. The smallest absolute Gasteiger partial charge is 0.290 e. The largest absolute Gasteiger partial charge is 0.503 e. The lowest BCUT2D eigenvalue weighted by Gasteiger charge is -2.29. The van der Waals surface area contributed by atoms with E-state index in [0.29, 0.717) is 28.3 Å². The Morgan fingerprint density at radius 1 is 1.23 bits per heavy atom. The number of benzene rings is 2. The zero-order valence-corrected chi connectivity index (χ0v) is 20.4. The maximum absolute atomic E-state index is 14.9. The average molecular weight is 501 g/mol. The number of methoxy groups -OCH3 is 1. The Bertz CT molecular complexity index is 1310. The number of amides is 1. The summed E-state index contributed by atoms with van der Waals surface area (Å²) < 4.78 is 26.0. The molecule has 4 rings (SSSR count). The van der Waals surface area contributed by atoms with Crippen molar-refractivity contribution < 1.29 is 28.2 Å². The van der Waals surface area contributed by atoms with Crippen molar-refractivity contribution in [3.63, 3.8) is 0 Å². The van der Waals surface area contributed by atoms with Gasteiger partial charge in [0, 0.05) is 35.1 Å². The molecule has 1 N–H and O–H groups in total. The Kier molecular flexibility index (Phi) is 7.14. The molecular formula is C26H26ClFN2O5. The molecule has 0 spiro atoms. The maximum Gasteiger partial charge on any atom is 0.290 e. The fourth-order valence-corrected chi connectivity index (χ4v) is 4.62. The van der Waals surface area contributed by atoms with Crippen LogP contribution in [0.4, 0.5) is 4.39 Å². The van der Waals surface area contributed by atoms with Crippen molar-refractivity contribution in [2.75, 3.05) is 33.3 Å². The second-order valence-electron chi connectivity index (χ2n) is 8.18. The van der Waals surface area contributed by atoms with Gasteiger partial charge in [-0.05, 0) is 31.3 Å². The summed E-state index contributed by atoms with van der Waals surface area (Å²) in [6, 6.07) is 9.43. The van der Waals surface area contributed by atoms with Gasteiger partial charge in [0.25, 0.3) is 5.91 Å². The van der Waals surface area contributed by atoms with Gasteiger partial charge in [-0.2, -0.15) is 0 Å². The quantitative estimate of drug-likeness (QED) is 0.409.